The van der Waals surface area contributed by atoms with Crippen LogP contribution in [-0.2, 0) is 12.1 Å². The molecule has 14 heavy (non-hydrogen) atoms. The highest BCUT2D eigenvalue weighted by Gasteiger charge is 2.24. The zero-order valence-corrected chi connectivity index (χ0v) is 8.21. The van der Waals surface area contributed by atoms with Gasteiger partial charge in [0, 0.05) is 5.56 Å². The maximum absolute atomic E-state index is 12.6. The van der Waals surface area contributed by atoms with Crippen molar-refractivity contribution < 1.29 is 4.39 Å². The van der Waals surface area contributed by atoms with Crippen molar-refractivity contribution >= 4 is 5.69 Å². The van der Waals surface area contributed by atoms with Crippen LogP contribution in [0.3, 0.4) is 0 Å². The smallest absolute Gasteiger partial charge is 0.116 e. The molecule has 1 rings (SSSR count). The third kappa shape index (κ3) is 1.82. The molecule has 0 aliphatic heterocycles. The third-order valence-electron chi connectivity index (χ3n) is 2.00. The van der Waals surface area contributed by atoms with Crippen LogP contribution in [0.2, 0.25) is 0 Å². The summed E-state index contributed by atoms with van der Waals surface area (Å²) in [4.78, 5) is 4.00. The molecule has 0 aromatic carbocycles. The first-order valence-electron chi connectivity index (χ1n) is 4.23. The Balaban J connectivity index is 3.29. The topological polar surface area (TPSA) is 62.7 Å². The van der Waals surface area contributed by atoms with E-state index in [-0.39, 0.29) is 0 Å². The van der Waals surface area contributed by atoms with Crippen LogP contribution in [0.1, 0.15) is 25.1 Å². The van der Waals surface area contributed by atoms with Crippen molar-refractivity contribution in [3.63, 3.8) is 0 Å². The quantitative estimate of drug-likeness (QED) is 0.780. The summed E-state index contributed by atoms with van der Waals surface area (Å²) in [6.45, 7) is 2.74. The van der Waals surface area contributed by atoms with Crippen molar-refractivity contribution in [1.82, 2.24) is 4.98 Å². The Bertz CT molecular complexity index is 379. The lowest BCUT2D eigenvalue weighted by atomic mass is 9.88. The van der Waals surface area contributed by atoms with Gasteiger partial charge in [-0.2, -0.15) is 5.26 Å². The number of hydrogen-bond donors (Lipinski definition) is 1. The lowest BCUT2D eigenvalue weighted by Gasteiger charge is -2.17. The monoisotopic (exact) mass is 193 g/mol. The molecule has 0 saturated heterocycles. The number of nitriles is 1. The van der Waals surface area contributed by atoms with E-state index in [1.54, 1.807) is 13.8 Å². The molecule has 1 aromatic rings. The van der Waals surface area contributed by atoms with Crippen molar-refractivity contribution in [1.29, 1.82) is 5.26 Å². The molecule has 0 unspecified atom stereocenters. The Morgan fingerprint density at radius 1 is 1.64 bits per heavy atom. The predicted octanol–water partition coefficient (Wildman–Crippen LogP) is 1.93. The molecule has 2 N–H and O–H groups in total. The highest BCUT2D eigenvalue weighted by Crippen LogP contribution is 2.25. The molecule has 0 saturated carbocycles. The summed E-state index contributed by atoms with van der Waals surface area (Å²) in [7, 11) is 0. The zero-order valence-electron chi connectivity index (χ0n) is 8.21. The average Bonchev–Trinajstić information content (AvgIpc) is 2.17. The summed E-state index contributed by atoms with van der Waals surface area (Å²) >= 11 is 0. The number of halogens is 1. The standard InChI is InChI=1S/C10H12FN3/c1-10(2,6-12)9-7(4-11)3-8(13)5-14-9/h3,5H,4,13H2,1-2H3. The van der Waals surface area contributed by atoms with Crippen molar-refractivity contribution in [2.75, 3.05) is 5.73 Å². The van der Waals surface area contributed by atoms with E-state index in [0.29, 0.717) is 16.9 Å². The third-order valence-corrected chi connectivity index (χ3v) is 2.00. The molecule has 1 aromatic heterocycles. The number of hydrogen-bond acceptors (Lipinski definition) is 3. The van der Waals surface area contributed by atoms with Gasteiger partial charge in [0.15, 0.2) is 0 Å². The molecule has 0 bridgehead atoms. The molecule has 0 atom stereocenters. The maximum Gasteiger partial charge on any atom is 0.116 e. The summed E-state index contributed by atoms with van der Waals surface area (Å²) in [5.74, 6) is 0. The minimum absolute atomic E-state index is 0.386. The number of anilines is 1. The van der Waals surface area contributed by atoms with E-state index in [1.165, 1.54) is 12.3 Å². The van der Waals surface area contributed by atoms with Crippen molar-refractivity contribution in [3.05, 3.63) is 23.5 Å². The van der Waals surface area contributed by atoms with Crippen molar-refractivity contribution in [2.45, 2.75) is 25.9 Å². The number of aromatic nitrogens is 1. The van der Waals surface area contributed by atoms with Crippen LogP contribution in [-0.4, -0.2) is 4.98 Å². The number of pyridine rings is 1. The van der Waals surface area contributed by atoms with Crippen LogP contribution >= 0.6 is 0 Å². The summed E-state index contributed by atoms with van der Waals surface area (Å²) < 4.78 is 12.6. The number of nitrogens with zero attached hydrogens (tertiary/aromatic N) is 2. The van der Waals surface area contributed by atoms with E-state index in [9.17, 15) is 4.39 Å². The predicted molar refractivity (Wildman–Crippen MR) is 52.1 cm³/mol. The number of alkyl halides is 1. The van der Waals surface area contributed by atoms with Crippen LogP contribution in [0.15, 0.2) is 12.3 Å². The molecule has 0 radical (unpaired) electrons. The van der Waals surface area contributed by atoms with E-state index in [1.807, 2.05) is 0 Å². The van der Waals surface area contributed by atoms with E-state index in [4.69, 9.17) is 11.0 Å². The fraction of sp³-hybridized carbons (Fsp3) is 0.400. The first-order valence-corrected chi connectivity index (χ1v) is 4.23. The Hall–Kier alpha value is -1.63. The zero-order chi connectivity index (χ0) is 10.8. The van der Waals surface area contributed by atoms with Gasteiger partial charge >= 0.3 is 0 Å². The Morgan fingerprint density at radius 3 is 2.79 bits per heavy atom. The molecule has 0 spiro atoms. The second-order valence-electron chi connectivity index (χ2n) is 3.65. The van der Waals surface area contributed by atoms with Gasteiger partial charge in [0.05, 0.1) is 29.1 Å². The SMILES string of the molecule is CC(C)(C#N)c1ncc(N)cc1CF. The van der Waals surface area contributed by atoms with Crippen LogP contribution in [0.25, 0.3) is 0 Å². The molecule has 0 fully saturated rings. The average molecular weight is 193 g/mol. The Labute approximate surface area is 82.4 Å². The summed E-state index contributed by atoms with van der Waals surface area (Å²) in [5, 5.41) is 8.89. The van der Waals surface area contributed by atoms with Crippen LogP contribution in [0, 0.1) is 11.3 Å². The first-order chi connectivity index (χ1) is 6.51. The van der Waals surface area contributed by atoms with E-state index >= 15 is 0 Å². The Morgan fingerprint density at radius 2 is 2.29 bits per heavy atom. The van der Waals surface area contributed by atoms with Gasteiger partial charge in [0.1, 0.15) is 6.67 Å². The highest BCUT2D eigenvalue weighted by atomic mass is 19.1. The van der Waals surface area contributed by atoms with Crippen LogP contribution in [0.5, 0.6) is 0 Å². The van der Waals surface area contributed by atoms with Crippen LogP contribution in [0.4, 0.5) is 10.1 Å². The highest BCUT2D eigenvalue weighted by molar-refractivity contribution is 5.43. The van der Waals surface area contributed by atoms with Gasteiger partial charge in [-0.15, -0.1) is 0 Å². The van der Waals surface area contributed by atoms with Gasteiger partial charge in [-0.1, -0.05) is 0 Å². The summed E-state index contributed by atoms with van der Waals surface area (Å²) in [6, 6.07) is 3.60. The molecule has 0 amide bonds. The van der Waals surface area contributed by atoms with Gasteiger partial charge in [0.2, 0.25) is 0 Å². The lowest BCUT2D eigenvalue weighted by molar-refractivity contribution is 0.473. The molecular formula is C10H12FN3. The van der Waals surface area contributed by atoms with Gasteiger partial charge in [-0.25, -0.2) is 4.39 Å². The van der Waals surface area contributed by atoms with Crippen LogP contribution < -0.4 is 5.73 Å². The number of rotatable bonds is 2. The van der Waals surface area contributed by atoms with Gasteiger partial charge < -0.3 is 5.73 Å². The molecule has 0 aliphatic rings. The molecule has 0 aliphatic carbocycles. The normalized spacial score (nSPS) is 11.0. The summed E-state index contributed by atoms with van der Waals surface area (Å²) in [6.07, 6.45) is 1.44. The van der Waals surface area contributed by atoms with Gasteiger partial charge in [-0.3, -0.25) is 4.98 Å². The fourth-order valence-corrected chi connectivity index (χ4v) is 1.25. The largest absolute Gasteiger partial charge is 0.397 e. The van der Waals surface area contributed by atoms with E-state index < -0.39 is 12.1 Å². The minimum Gasteiger partial charge on any atom is -0.397 e. The second kappa shape index (κ2) is 3.62. The van der Waals surface area contributed by atoms with Gasteiger partial charge in [0.25, 0.3) is 0 Å². The molecular weight excluding hydrogens is 181 g/mol. The van der Waals surface area contributed by atoms with Crippen molar-refractivity contribution in [3.8, 4) is 6.07 Å². The molecule has 4 heteroatoms. The number of nitrogens with two attached hydrogens (primary N) is 1. The maximum atomic E-state index is 12.6. The van der Waals surface area contributed by atoms with Crippen molar-refractivity contribution in [2.24, 2.45) is 0 Å². The fourth-order valence-electron chi connectivity index (χ4n) is 1.25. The summed E-state index contributed by atoms with van der Waals surface area (Å²) in [5.41, 5.74) is 5.95. The Kier molecular flexibility index (Phi) is 2.70. The van der Waals surface area contributed by atoms with Gasteiger partial charge in [-0.05, 0) is 19.9 Å². The molecule has 3 nitrogen and oxygen atoms in total. The minimum atomic E-state index is -0.783. The van der Waals surface area contributed by atoms with E-state index in [2.05, 4.69) is 11.1 Å². The first kappa shape index (κ1) is 10.5. The van der Waals surface area contributed by atoms with E-state index in [0.717, 1.165) is 0 Å². The number of nitrogen functional groups attached to an aromatic ring is 1. The molecule has 74 valence electrons. The molecule has 1 heterocycles. The lowest BCUT2D eigenvalue weighted by Crippen LogP contribution is -2.18. The second-order valence-corrected chi connectivity index (χ2v) is 3.65.